The molecule has 1 fully saturated rings. The molecule has 82 valence electrons. The van der Waals surface area contributed by atoms with Crippen molar-refractivity contribution in [3.05, 3.63) is 41.9 Å². The first-order valence-electron chi connectivity index (χ1n) is 5.43. The quantitative estimate of drug-likeness (QED) is 0.764. The van der Waals surface area contributed by atoms with E-state index >= 15 is 0 Å². The summed E-state index contributed by atoms with van der Waals surface area (Å²) in [6.07, 6.45) is 6.28. The van der Waals surface area contributed by atoms with Gasteiger partial charge in [-0.2, -0.15) is 5.10 Å². The molecule has 16 heavy (non-hydrogen) atoms. The Balaban J connectivity index is 1.93. The Kier molecular flexibility index (Phi) is 2.40. The fourth-order valence-electron chi connectivity index (χ4n) is 1.73. The van der Waals surface area contributed by atoms with E-state index in [1.165, 1.54) is 18.5 Å². The van der Waals surface area contributed by atoms with E-state index in [4.69, 9.17) is 11.6 Å². The third kappa shape index (κ3) is 1.83. The van der Waals surface area contributed by atoms with E-state index in [9.17, 15) is 0 Å². The fourth-order valence-corrected chi connectivity index (χ4v) is 1.90. The van der Waals surface area contributed by atoms with Crippen molar-refractivity contribution in [3.63, 3.8) is 0 Å². The number of rotatable bonds is 3. The Hall–Kier alpha value is -1.35. The van der Waals surface area contributed by atoms with Crippen molar-refractivity contribution in [1.82, 2.24) is 14.8 Å². The highest BCUT2D eigenvalue weighted by molar-refractivity contribution is 6.17. The summed E-state index contributed by atoms with van der Waals surface area (Å²) in [5, 5.41) is 4.53. The minimum atomic E-state index is 0.506. The van der Waals surface area contributed by atoms with E-state index in [1.54, 1.807) is 6.20 Å². The molecule has 0 spiro atoms. The standard InChI is InChI=1S/C12H12ClN3/c13-8-9-3-5-14-12(7-9)16-6-4-11(15-16)10-1-2-10/h3-7,10H,1-2,8H2. The molecule has 2 aromatic heterocycles. The second-order valence-corrected chi connectivity index (χ2v) is 4.38. The van der Waals surface area contributed by atoms with Crippen molar-refractivity contribution in [1.29, 1.82) is 0 Å². The summed E-state index contributed by atoms with van der Waals surface area (Å²) >= 11 is 5.79. The van der Waals surface area contributed by atoms with E-state index in [0.29, 0.717) is 11.8 Å². The molecule has 3 rings (SSSR count). The normalized spacial score (nSPS) is 15.3. The zero-order chi connectivity index (χ0) is 11.0. The molecule has 0 aromatic carbocycles. The number of pyridine rings is 1. The molecule has 0 unspecified atom stereocenters. The van der Waals surface area contributed by atoms with Crippen LogP contribution in [0.25, 0.3) is 5.82 Å². The van der Waals surface area contributed by atoms with Gasteiger partial charge in [0.1, 0.15) is 0 Å². The molecule has 0 atom stereocenters. The van der Waals surface area contributed by atoms with Crippen LogP contribution < -0.4 is 0 Å². The summed E-state index contributed by atoms with van der Waals surface area (Å²) in [6.45, 7) is 0. The third-order valence-corrected chi connectivity index (χ3v) is 3.11. The predicted octanol–water partition coefficient (Wildman–Crippen LogP) is 2.88. The Morgan fingerprint density at radius 3 is 3.00 bits per heavy atom. The highest BCUT2D eigenvalue weighted by Crippen LogP contribution is 2.38. The molecule has 1 aliphatic rings. The van der Waals surface area contributed by atoms with Crippen molar-refractivity contribution in [2.45, 2.75) is 24.6 Å². The molecule has 1 saturated carbocycles. The number of alkyl halides is 1. The lowest BCUT2D eigenvalue weighted by atomic mass is 10.3. The van der Waals surface area contributed by atoms with E-state index in [1.807, 2.05) is 23.0 Å². The summed E-state index contributed by atoms with van der Waals surface area (Å²) in [4.78, 5) is 4.29. The fraction of sp³-hybridized carbons (Fsp3) is 0.333. The van der Waals surface area contributed by atoms with Crippen LogP contribution in [0.5, 0.6) is 0 Å². The average molecular weight is 234 g/mol. The minimum absolute atomic E-state index is 0.506. The van der Waals surface area contributed by atoms with Gasteiger partial charge in [-0.15, -0.1) is 11.6 Å². The minimum Gasteiger partial charge on any atom is -0.237 e. The van der Waals surface area contributed by atoms with Crippen LogP contribution in [-0.4, -0.2) is 14.8 Å². The topological polar surface area (TPSA) is 30.7 Å². The van der Waals surface area contributed by atoms with Crippen molar-refractivity contribution >= 4 is 11.6 Å². The largest absolute Gasteiger partial charge is 0.237 e. The molecule has 0 saturated heterocycles. The number of hydrogen-bond donors (Lipinski definition) is 0. The van der Waals surface area contributed by atoms with Crippen LogP contribution in [0.4, 0.5) is 0 Å². The van der Waals surface area contributed by atoms with Gasteiger partial charge in [-0.25, -0.2) is 9.67 Å². The Labute approximate surface area is 99.1 Å². The number of hydrogen-bond acceptors (Lipinski definition) is 2. The summed E-state index contributed by atoms with van der Waals surface area (Å²) in [5.41, 5.74) is 2.24. The van der Waals surface area contributed by atoms with Crippen LogP contribution in [0, 0.1) is 0 Å². The van der Waals surface area contributed by atoms with Crippen LogP contribution in [0.1, 0.15) is 30.0 Å². The summed E-state index contributed by atoms with van der Waals surface area (Å²) < 4.78 is 1.82. The van der Waals surface area contributed by atoms with Gasteiger partial charge in [0.05, 0.1) is 5.69 Å². The zero-order valence-electron chi connectivity index (χ0n) is 8.81. The first kappa shape index (κ1) is 9.85. The van der Waals surface area contributed by atoms with Gasteiger partial charge >= 0.3 is 0 Å². The van der Waals surface area contributed by atoms with Crippen molar-refractivity contribution in [2.75, 3.05) is 0 Å². The van der Waals surface area contributed by atoms with Crippen molar-refractivity contribution < 1.29 is 0 Å². The Morgan fingerprint density at radius 2 is 2.25 bits per heavy atom. The van der Waals surface area contributed by atoms with Crippen LogP contribution in [0.3, 0.4) is 0 Å². The van der Waals surface area contributed by atoms with E-state index in [-0.39, 0.29) is 0 Å². The number of halogens is 1. The highest BCUT2D eigenvalue weighted by Gasteiger charge is 2.25. The average Bonchev–Trinajstić information content (AvgIpc) is 3.07. The van der Waals surface area contributed by atoms with E-state index < -0.39 is 0 Å². The Morgan fingerprint density at radius 1 is 1.38 bits per heavy atom. The molecule has 0 N–H and O–H groups in total. The van der Waals surface area contributed by atoms with Gasteiger partial charge in [-0.3, -0.25) is 0 Å². The molecule has 1 aliphatic carbocycles. The molecule has 3 nitrogen and oxygen atoms in total. The maximum absolute atomic E-state index is 5.79. The molecule has 2 aromatic rings. The third-order valence-electron chi connectivity index (χ3n) is 2.80. The molecule has 0 radical (unpaired) electrons. The van der Waals surface area contributed by atoms with Gasteiger partial charge in [0, 0.05) is 24.2 Å². The molecule has 4 heteroatoms. The maximum atomic E-state index is 5.79. The van der Waals surface area contributed by atoms with Gasteiger partial charge in [0.25, 0.3) is 0 Å². The second kappa shape index (κ2) is 3.91. The van der Waals surface area contributed by atoms with Gasteiger partial charge < -0.3 is 0 Å². The van der Waals surface area contributed by atoms with Crippen molar-refractivity contribution in [3.8, 4) is 5.82 Å². The van der Waals surface area contributed by atoms with Crippen LogP contribution in [0.15, 0.2) is 30.6 Å². The van der Waals surface area contributed by atoms with E-state index in [2.05, 4.69) is 16.1 Å². The molecule has 0 amide bonds. The summed E-state index contributed by atoms with van der Waals surface area (Å²) in [6, 6.07) is 5.96. The highest BCUT2D eigenvalue weighted by atomic mass is 35.5. The summed E-state index contributed by atoms with van der Waals surface area (Å²) in [7, 11) is 0. The maximum Gasteiger partial charge on any atom is 0.153 e. The SMILES string of the molecule is ClCc1ccnc(-n2ccc(C3CC3)n2)c1. The second-order valence-electron chi connectivity index (χ2n) is 4.12. The lowest BCUT2D eigenvalue weighted by Crippen LogP contribution is -1.99. The van der Waals surface area contributed by atoms with Gasteiger partial charge in [-0.05, 0) is 36.6 Å². The van der Waals surface area contributed by atoms with Gasteiger partial charge in [-0.1, -0.05) is 0 Å². The Bertz CT molecular complexity index is 502. The van der Waals surface area contributed by atoms with Crippen LogP contribution in [-0.2, 0) is 5.88 Å². The number of nitrogens with zero attached hydrogens (tertiary/aromatic N) is 3. The monoisotopic (exact) mass is 233 g/mol. The molecule has 0 aliphatic heterocycles. The van der Waals surface area contributed by atoms with Gasteiger partial charge in [0.2, 0.25) is 0 Å². The zero-order valence-corrected chi connectivity index (χ0v) is 9.56. The first-order chi connectivity index (χ1) is 7.86. The lowest BCUT2D eigenvalue weighted by molar-refractivity contribution is 0.811. The smallest absolute Gasteiger partial charge is 0.153 e. The number of aromatic nitrogens is 3. The van der Waals surface area contributed by atoms with Gasteiger partial charge in [0.15, 0.2) is 5.82 Å². The van der Waals surface area contributed by atoms with Crippen LogP contribution >= 0.6 is 11.6 Å². The molecule has 2 heterocycles. The van der Waals surface area contributed by atoms with Crippen LogP contribution in [0.2, 0.25) is 0 Å². The van der Waals surface area contributed by atoms with Crippen molar-refractivity contribution in [2.24, 2.45) is 0 Å². The first-order valence-corrected chi connectivity index (χ1v) is 5.97. The molecule has 0 bridgehead atoms. The molecular formula is C12H12ClN3. The predicted molar refractivity (Wildman–Crippen MR) is 62.9 cm³/mol. The van der Waals surface area contributed by atoms with E-state index in [0.717, 1.165) is 11.4 Å². The summed E-state index contributed by atoms with van der Waals surface area (Å²) in [5.74, 6) is 2.02. The lowest BCUT2D eigenvalue weighted by Gasteiger charge is -2.01. The molecular weight excluding hydrogens is 222 g/mol.